The van der Waals surface area contributed by atoms with E-state index in [1.165, 1.54) is 0 Å². The minimum atomic E-state index is -0.189. The molecule has 2 N–H and O–H groups in total. The van der Waals surface area contributed by atoms with Crippen molar-refractivity contribution in [2.75, 3.05) is 23.7 Å². The number of pyridine rings is 1. The maximum absolute atomic E-state index is 6.04. The van der Waals surface area contributed by atoms with E-state index in [1.807, 2.05) is 12.1 Å². The molecule has 1 aromatic heterocycles. The Morgan fingerprint density at radius 1 is 1.24 bits per heavy atom. The fourth-order valence-corrected chi connectivity index (χ4v) is 2.61. The van der Waals surface area contributed by atoms with Crippen molar-refractivity contribution in [3.05, 3.63) is 18.3 Å². The van der Waals surface area contributed by atoms with Gasteiger partial charge in [0.25, 0.3) is 0 Å². The van der Waals surface area contributed by atoms with E-state index in [2.05, 4.69) is 37.6 Å². The summed E-state index contributed by atoms with van der Waals surface area (Å²) < 4.78 is 6.04. The van der Waals surface area contributed by atoms with E-state index in [1.54, 1.807) is 6.20 Å². The zero-order chi connectivity index (χ0) is 12.7. The van der Waals surface area contributed by atoms with Crippen LogP contribution in [0.5, 0.6) is 0 Å². The normalized spacial score (nSPS) is 22.5. The number of ether oxygens (including phenoxy) is 1. The van der Waals surface area contributed by atoms with Crippen LogP contribution in [-0.4, -0.2) is 29.3 Å². The number of rotatable bonds is 1. The lowest BCUT2D eigenvalue weighted by Crippen LogP contribution is -2.57. The summed E-state index contributed by atoms with van der Waals surface area (Å²) >= 11 is 0. The number of nitrogens with zero attached hydrogens (tertiary/aromatic N) is 2. The van der Waals surface area contributed by atoms with Crippen LogP contribution in [0.15, 0.2) is 18.3 Å². The largest absolute Gasteiger partial charge is 0.396 e. The van der Waals surface area contributed by atoms with Crippen LogP contribution in [0.3, 0.4) is 0 Å². The Morgan fingerprint density at radius 2 is 1.82 bits per heavy atom. The van der Waals surface area contributed by atoms with Crippen LogP contribution < -0.4 is 10.6 Å². The van der Waals surface area contributed by atoms with E-state index in [-0.39, 0.29) is 11.2 Å². The molecule has 1 saturated heterocycles. The molecule has 4 nitrogen and oxygen atoms in total. The van der Waals surface area contributed by atoms with Gasteiger partial charge in [-0.3, -0.25) is 0 Å². The second-order valence-electron chi connectivity index (χ2n) is 5.89. The van der Waals surface area contributed by atoms with Gasteiger partial charge >= 0.3 is 0 Å². The molecule has 0 spiro atoms. The molecule has 0 amide bonds. The van der Waals surface area contributed by atoms with Gasteiger partial charge in [-0.05, 0) is 39.8 Å². The summed E-state index contributed by atoms with van der Waals surface area (Å²) in [6, 6.07) is 3.74. The molecule has 2 heterocycles. The number of hydrogen-bond acceptors (Lipinski definition) is 4. The molecule has 0 atom stereocenters. The summed E-state index contributed by atoms with van der Waals surface area (Å²) in [4.78, 5) is 6.59. The van der Waals surface area contributed by atoms with Crippen LogP contribution in [0, 0.1) is 0 Å². The first-order chi connectivity index (χ1) is 7.79. The molecule has 0 aliphatic carbocycles. The summed E-state index contributed by atoms with van der Waals surface area (Å²) in [7, 11) is 0. The Morgan fingerprint density at radius 3 is 2.35 bits per heavy atom. The Labute approximate surface area is 103 Å². The summed E-state index contributed by atoms with van der Waals surface area (Å²) in [5, 5.41) is 0. The molecule has 1 aromatic rings. The third kappa shape index (κ3) is 2.69. The first-order valence-corrected chi connectivity index (χ1v) is 5.95. The zero-order valence-electron chi connectivity index (χ0n) is 11.0. The molecule has 94 valence electrons. The molecule has 4 heteroatoms. The van der Waals surface area contributed by atoms with E-state index in [0.717, 1.165) is 24.6 Å². The van der Waals surface area contributed by atoms with Crippen molar-refractivity contribution in [3.8, 4) is 0 Å². The lowest BCUT2D eigenvalue weighted by atomic mass is 9.99. The monoisotopic (exact) mass is 235 g/mol. The lowest BCUT2D eigenvalue weighted by Gasteiger charge is -2.47. The molecule has 0 bridgehead atoms. The van der Waals surface area contributed by atoms with Gasteiger partial charge in [-0.2, -0.15) is 0 Å². The average Bonchev–Trinajstić information content (AvgIpc) is 2.13. The van der Waals surface area contributed by atoms with Crippen LogP contribution in [0.2, 0.25) is 0 Å². The highest BCUT2D eigenvalue weighted by molar-refractivity contribution is 5.62. The van der Waals surface area contributed by atoms with E-state index >= 15 is 0 Å². The molecule has 0 unspecified atom stereocenters. The van der Waals surface area contributed by atoms with Crippen LogP contribution in [0.25, 0.3) is 0 Å². The number of anilines is 2. The molecular weight excluding hydrogens is 214 g/mol. The Balaban J connectivity index is 2.30. The fraction of sp³-hybridized carbons (Fsp3) is 0.615. The summed E-state index contributed by atoms with van der Waals surface area (Å²) in [6.07, 6.45) is 1.78. The van der Waals surface area contributed by atoms with E-state index in [0.29, 0.717) is 0 Å². The maximum Gasteiger partial charge on any atom is 0.151 e. The smallest absolute Gasteiger partial charge is 0.151 e. The predicted octanol–water partition coefficient (Wildman–Crippen LogP) is 2.06. The molecule has 0 saturated carbocycles. The molecule has 2 rings (SSSR count). The minimum Gasteiger partial charge on any atom is -0.396 e. The van der Waals surface area contributed by atoms with Gasteiger partial charge in [-0.25, -0.2) is 4.98 Å². The van der Waals surface area contributed by atoms with Gasteiger partial charge in [-0.1, -0.05) is 0 Å². The predicted molar refractivity (Wildman–Crippen MR) is 70.1 cm³/mol. The SMILES string of the molecule is CC1(C)CN(c2ncccc2N)CC(C)(C)O1. The summed E-state index contributed by atoms with van der Waals surface area (Å²) in [5.74, 6) is 0.858. The third-order valence-corrected chi connectivity index (χ3v) is 2.81. The maximum atomic E-state index is 6.04. The zero-order valence-corrected chi connectivity index (χ0v) is 11.0. The van der Waals surface area contributed by atoms with E-state index in [4.69, 9.17) is 10.5 Å². The van der Waals surface area contributed by atoms with Crippen molar-refractivity contribution in [1.82, 2.24) is 4.98 Å². The van der Waals surface area contributed by atoms with Gasteiger partial charge in [0.15, 0.2) is 5.82 Å². The molecule has 1 aliphatic heterocycles. The van der Waals surface area contributed by atoms with Gasteiger partial charge in [0.05, 0.1) is 16.9 Å². The highest BCUT2D eigenvalue weighted by Gasteiger charge is 2.38. The number of nitrogens with two attached hydrogens (primary N) is 1. The van der Waals surface area contributed by atoms with Crippen molar-refractivity contribution in [2.45, 2.75) is 38.9 Å². The Hall–Kier alpha value is -1.29. The molecule has 17 heavy (non-hydrogen) atoms. The van der Waals surface area contributed by atoms with Crippen molar-refractivity contribution < 1.29 is 4.74 Å². The fourth-order valence-electron chi connectivity index (χ4n) is 2.61. The first kappa shape index (κ1) is 12.2. The van der Waals surface area contributed by atoms with Gasteiger partial charge in [0.2, 0.25) is 0 Å². The van der Waals surface area contributed by atoms with Crippen molar-refractivity contribution in [2.24, 2.45) is 0 Å². The highest BCUT2D eigenvalue weighted by atomic mass is 16.5. The van der Waals surface area contributed by atoms with E-state index < -0.39 is 0 Å². The third-order valence-electron chi connectivity index (χ3n) is 2.81. The highest BCUT2D eigenvalue weighted by Crippen LogP contribution is 2.32. The van der Waals surface area contributed by atoms with Crippen LogP contribution in [0.4, 0.5) is 11.5 Å². The minimum absolute atomic E-state index is 0.189. The quantitative estimate of drug-likeness (QED) is 0.809. The number of morpholine rings is 1. The second kappa shape index (κ2) is 3.88. The summed E-state index contributed by atoms with van der Waals surface area (Å²) in [6.45, 7) is 10.00. The average molecular weight is 235 g/mol. The molecule has 1 aliphatic rings. The van der Waals surface area contributed by atoms with Gasteiger partial charge in [0, 0.05) is 19.3 Å². The number of hydrogen-bond donors (Lipinski definition) is 1. The molecular formula is C13H21N3O. The summed E-state index contributed by atoms with van der Waals surface area (Å²) in [5.41, 5.74) is 6.33. The van der Waals surface area contributed by atoms with E-state index in [9.17, 15) is 0 Å². The van der Waals surface area contributed by atoms with Crippen molar-refractivity contribution >= 4 is 11.5 Å². The van der Waals surface area contributed by atoms with Gasteiger partial charge in [0.1, 0.15) is 0 Å². The van der Waals surface area contributed by atoms with Gasteiger partial charge < -0.3 is 15.4 Å². The number of aromatic nitrogens is 1. The standard InChI is InChI=1S/C13H21N3O/c1-12(2)8-16(9-13(3,4)17-12)11-10(14)6-5-7-15-11/h5-7H,8-9,14H2,1-4H3. The van der Waals surface area contributed by atoms with Crippen molar-refractivity contribution in [1.29, 1.82) is 0 Å². The van der Waals surface area contributed by atoms with Crippen LogP contribution in [-0.2, 0) is 4.74 Å². The first-order valence-electron chi connectivity index (χ1n) is 5.95. The second-order valence-corrected chi connectivity index (χ2v) is 5.89. The molecule has 0 aromatic carbocycles. The van der Waals surface area contributed by atoms with Crippen LogP contribution in [0.1, 0.15) is 27.7 Å². The van der Waals surface area contributed by atoms with Gasteiger partial charge in [-0.15, -0.1) is 0 Å². The Bertz CT molecular complexity index is 399. The Kier molecular flexibility index (Phi) is 2.78. The molecule has 1 fully saturated rings. The van der Waals surface area contributed by atoms with Crippen LogP contribution >= 0.6 is 0 Å². The molecule has 0 radical (unpaired) electrons. The number of nitrogen functional groups attached to an aromatic ring is 1. The lowest BCUT2D eigenvalue weighted by molar-refractivity contribution is -0.133. The topological polar surface area (TPSA) is 51.4 Å². The van der Waals surface area contributed by atoms with Crippen molar-refractivity contribution in [3.63, 3.8) is 0 Å².